The molecule has 0 saturated carbocycles. The maximum atomic E-state index is 12.3. The van der Waals surface area contributed by atoms with Gasteiger partial charge in [0.2, 0.25) is 11.8 Å². The van der Waals surface area contributed by atoms with E-state index in [1.54, 1.807) is 24.3 Å². The van der Waals surface area contributed by atoms with Crippen molar-refractivity contribution in [1.82, 2.24) is 0 Å². The van der Waals surface area contributed by atoms with Crippen LogP contribution in [0.4, 0.5) is 17.1 Å². The Morgan fingerprint density at radius 3 is 2.03 bits per heavy atom. The molecule has 7 heteroatoms. The topological polar surface area (TPSA) is 88.7 Å². The molecule has 0 spiro atoms. The van der Waals surface area contributed by atoms with E-state index in [1.165, 1.54) is 0 Å². The third-order valence-electron chi connectivity index (χ3n) is 4.56. The molecule has 3 aromatic rings. The first-order valence-electron chi connectivity index (χ1n) is 11.0. The van der Waals surface area contributed by atoms with Gasteiger partial charge >= 0.3 is 0 Å². The van der Waals surface area contributed by atoms with Crippen LogP contribution in [0.15, 0.2) is 78.9 Å². The minimum Gasteiger partial charge on any atom is -0.490 e. The van der Waals surface area contributed by atoms with Crippen molar-refractivity contribution in [3.8, 4) is 11.5 Å². The summed E-state index contributed by atoms with van der Waals surface area (Å²) in [5.41, 5.74) is 2.04. The number of para-hydroxylation sites is 1. The fraction of sp³-hybridized carbons (Fsp3) is 0.231. The van der Waals surface area contributed by atoms with Crippen molar-refractivity contribution < 1.29 is 19.1 Å². The van der Waals surface area contributed by atoms with Gasteiger partial charge in [-0.25, -0.2) is 0 Å². The smallest absolute Gasteiger partial charge is 0.243 e. The predicted molar refractivity (Wildman–Crippen MR) is 131 cm³/mol. The van der Waals surface area contributed by atoms with E-state index >= 15 is 0 Å². The molecule has 0 fully saturated rings. The lowest BCUT2D eigenvalue weighted by Gasteiger charge is -2.11. The first-order valence-corrected chi connectivity index (χ1v) is 11.0. The molecule has 172 valence electrons. The average Bonchev–Trinajstić information content (AvgIpc) is 2.82. The first kappa shape index (κ1) is 23.7. The molecule has 0 aliphatic carbocycles. The largest absolute Gasteiger partial charge is 0.490 e. The summed E-state index contributed by atoms with van der Waals surface area (Å²) < 4.78 is 11.4. The number of benzene rings is 3. The Hall–Kier alpha value is -4.00. The molecule has 0 bridgehead atoms. The molecule has 33 heavy (non-hydrogen) atoms. The van der Waals surface area contributed by atoms with Gasteiger partial charge in [0.15, 0.2) is 0 Å². The van der Waals surface area contributed by atoms with Gasteiger partial charge in [0.25, 0.3) is 0 Å². The molecule has 7 nitrogen and oxygen atoms in total. The summed E-state index contributed by atoms with van der Waals surface area (Å²) in [6.45, 7) is 2.88. The van der Waals surface area contributed by atoms with Crippen molar-refractivity contribution in [2.24, 2.45) is 0 Å². The normalized spacial score (nSPS) is 10.2. The molecular formula is C26H29N3O4. The number of carbonyl (C=O) groups is 2. The van der Waals surface area contributed by atoms with E-state index in [2.05, 4.69) is 16.0 Å². The molecule has 0 heterocycles. The highest BCUT2D eigenvalue weighted by Gasteiger charge is 2.06. The molecule has 3 aromatic carbocycles. The van der Waals surface area contributed by atoms with Crippen LogP contribution in [0, 0.1) is 0 Å². The van der Waals surface area contributed by atoms with E-state index in [0.717, 1.165) is 17.9 Å². The molecule has 3 N–H and O–H groups in total. The number of amides is 2. The molecule has 0 aliphatic rings. The Morgan fingerprint density at radius 1 is 0.697 bits per heavy atom. The Kier molecular flexibility index (Phi) is 9.15. The van der Waals surface area contributed by atoms with Crippen molar-refractivity contribution in [3.63, 3.8) is 0 Å². The second-order valence-corrected chi connectivity index (χ2v) is 7.32. The van der Waals surface area contributed by atoms with Crippen molar-refractivity contribution in [1.29, 1.82) is 0 Å². The highest BCUT2D eigenvalue weighted by Crippen LogP contribution is 2.18. The summed E-state index contributed by atoms with van der Waals surface area (Å²) in [5.74, 6) is 1.25. The highest BCUT2D eigenvalue weighted by atomic mass is 16.5. The molecular weight excluding hydrogens is 418 g/mol. The van der Waals surface area contributed by atoms with Gasteiger partial charge in [-0.2, -0.15) is 0 Å². The number of hydrogen-bond donors (Lipinski definition) is 3. The summed E-state index contributed by atoms with van der Waals surface area (Å²) in [6, 6.07) is 24.1. The Labute approximate surface area is 194 Å². The van der Waals surface area contributed by atoms with Gasteiger partial charge in [0.05, 0.1) is 6.54 Å². The molecule has 0 aromatic heterocycles. The van der Waals surface area contributed by atoms with Gasteiger partial charge in [-0.1, -0.05) is 37.3 Å². The van der Waals surface area contributed by atoms with E-state index in [1.807, 2.05) is 61.5 Å². The van der Waals surface area contributed by atoms with Gasteiger partial charge in [0.1, 0.15) is 24.7 Å². The van der Waals surface area contributed by atoms with E-state index in [0.29, 0.717) is 36.8 Å². The Bertz CT molecular complexity index is 1040. The number of anilines is 3. The van der Waals surface area contributed by atoms with Crippen LogP contribution in [-0.4, -0.2) is 31.6 Å². The third-order valence-corrected chi connectivity index (χ3v) is 4.56. The van der Waals surface area contributed by atoms with Crippen LogP contribution in [-0.2, 0) is 9.59 Å². The van der Waals surface area contributed by atoms with E-state index < -0.39 is 0 Å². The Morgan fingerprint density at radius 2 is 1.30 bits per heavy atom. The van der Waals surface area contributed by atoms with Crippen LogP contribution in [0.5, 0.6) is 11.5 Å². The van der Waals surface area contributed by atoms with Crippen LogP contribution in [0.3, 0.4) is 0 Å². The SMILES string of the molecule is CCCC(=O)Nc1cccc(NC(=O)CNc2cccc(OCCOc3ccccc3)c2)c1. The van der Waals surface area contributed by atoms with Gasteiger partial charge in [-0.15, -0.1) is 0 Å². The summed E-state index contributed by atoms with van der Waals surface area (Å²) in [5, 5.41) is 8.74. The van der Waals surface area contributed by atoms with Crippen LogP contribution in [0.1, 0.15) is 19.8 Å². The second kappa shape index (κ2) is 12.8. The van der Waals surface area contributed by atoms with Crippen molar-refractivity contribution in [2.75, 3.05) is 35.7 Å². The third kappa shape index (κ3) is 8.57. The first-order chi connectivity index (χ1) is 16.1. The lowest BCUT2D eigenvalue weighted by molar-refractivity contribution is -0.116. The zero-order valence-corrected chi connectivity index (χ0v) is 18.7. The molecule has 0 radical (unpaired) electrons. The fourth-order valence-electron chi connectivity index (χ4n) is 3.04. The molecule has 3 rings (SSSR count). The number of rotatable bonds is 12. The molecule has 0 aliphatic heterocycles. The van der Waals surface area contributed by atoms with Gasteiger partial charge in [-0.3, -0.25) is 9.59 Å². The maximum absolute atomic E-state index is 12.3. The Balaban J connectivity index is 1.42. The van der Waals surface area contributed by atoms with Crippen molar-refractivity contribution >= 4 is 28.9 Å². The van der Waals surface area contributed by atoms with Crippen LogP contribution in [0.25, 0.3) is 0 Å². The van der Waals surface area contributed by atoms with Crippen molar-refractivity contribution in [3.05, 3.63) is 78.9 Å². The minimum absolute atomic E-state index is 0.0450. The second-order valence-electron chi connectivity index (χ2n) is 7.32. The quantitative estimate of drug-likeness (QED) is 0.343. The van der Waals surface area contributed by atoms with Crippen molar-refractivity contribution in [2.45, 2.75) is 19.8 Å². The standard InChI is InChI=1S/C26H29N3O4/c1-2-8-25(30)28-21-10-6-11-22(17-21)29-26(31)19-27-20-9-7-14-24(18-20)33-16-15-32-23-12-4-3-5-13-23/h3-7,9-14,17-18,27H,2,8,15-16,19H2,1H3,(H,28,30)(H,29,31). The fourth-order valence-corrected chi connectivity index (χ4v) is 3.04. The van der Waals surface area contributed by atoms with Crippen LogP contribution < -0.4 is 25.4 Å². The molecule has 2 amide bonds. The van der Waals surface area contributed by atoms with Crippen LogP contribution in [0.2, 0.25) is 0 Å². The summed E-state index contributed by atoms with van der Waals surface area (Å²) in [6.07, 6.45) is 1.24. The maximum Gasteiger partial charge on any atom is 0.243 e. The van der Waals surface area contributed by atoms with E-state index in [-0.39, 0.29) is 18.4 Å². The lowest BCUT2D eigenvalue weighted by atomic mass is 10.2. The predicted octanol–water partition coefficient (Wildman–Crippen LogP) is 4.93. The average molecular weight is 448 g/mol. The minimum atomic E-state index is -0.199. The number of hydrogen-bond acceptors (Lipinski definition) is 5. The number of nitrogens with one attached hydrogen (secondary N) is 3. The molecule has 0 unspecified atom stereocenters. The van der Waals surface area contributed by atoms with Crippen LogP contribution >= 0.6 is 0 Å². The molecule has 0 atom stereocenters. The molecule has 0 saturated heterocycles. The summed E-state index contributed by atoms with van der Waals surface area (Å²) >= 11 is 0. The lowest BCUT2D eigenvalue weighted by Crippen LogP contribution is -2.22. The zero-order chi connectivity index (χ0) is 23.3. The van der Waals surface area contributed by atoms with E-state index in [4.69, 9.17) is 9.47 Å². The summed E-state index contributed by atoms with van der Waals surface area (Å²) in [4.78, 5) is 24.1. The van der Waals surface area contributed by atoms with Gasteiger partial charge < -0.3 is 25.4 Å². The van der Waals surface area contributed by atoms with Gasteiger partial charge in [-0.05, 0) is 48.9 Å². The number of carbonyl (C=O) groups excluding carboxylic acids is 2. The van der Waals surface area contributed by atoms with E-state index in [9.17, 15) is 9.59 Å². The van der Waals surface area contributed by atoms with Gasteiger partial charge in [0, 0.05) is 29.5 Å². The highest BCUT2D eigenvalue weighted by molar-refractivity contribution is 5.95. The zero-order valence-electron chi connectivity index (χ0n) is 18.7. The number of ether oxygens (including phenoxy) is 2. The summed E-state index contributed by atoms with van der Waals surface area (Å²) in [7, 11) is 0. The monoisotopic (exact) mass is 447 g/mol.